The number of nitrogens with zero attached hydrogens (tertiary/aromatic N) is 1. The van der Waals surface area contributed by atoms with Crippen LogP contribution < -0.4 is 0 Å². The highest BCUT2D eigenvalue weighted by molar-refractivity contribution is 6.37. The molecule has 0 radical (unpaired) electrons. The fraction of sp³-hybridized carbons (Fsp3) is 0.250. The van der Waals surface area contributed by atoms with Gasteiger partial charge in [-0.3, -0.25) is 4.98 Å². The molecule has 0 aliphatic rings. The summed E-state index contributed by atoms with van der Waals surface area (Å²) >= 11 is 12.3. The van der Waals surface area contributed by atoms with Gasteiger partial charge in [-0.2, -0.15) is 0 Å². The molecule has 1 heterocycles. The first-order valence-corrected chi connectivity index (χ1v) is 5.63. The molecule has 0 N–H and O–H groups in total. The minimum Gasteiger partial charge on any atom is -0.253 e. The number of benzene rings is 1. The number of rotatable bonds is 1. The molecule has 3 heteroatoms. The van der Waals surface area contributed by atoms with E-state index in [0.717, 1.165) is 33.6 Å². The van der Waals surface area contributed by atoms with Crippen LogP contribution in [0.2, 0.25) is 10.0 Å². The molecule has 0 atom stereocenters. The maximum Gasteiger partial charge on any atom is 0.0721 e. The number of hydrogen-bond donors (Lipinski definition) is 0. The van der Waals surface area contributed by atoms with E-state index < -0.39 is 0 Å². The van der Waals surface area contributed by atoms with Crippen molar-refractivity contribution in [3.05, 3.63) is 39.5 Å². The Morgan fingerprint density at radius 2 is 2.00 bits per heavy atom. The average Bonchev–Trinajstić information content (AvgIpc) is 2.20. The van der Waals surface area contributed by atoms with Crippen LogP contribution >= 0.6 is 23.2 Å². The van der Waals surface area contributed by atoms with Crippen LogP contribution in [0.4, 0.5) is 0 Å². The molecule has 0 aliphatic heterocycles. The molecule has 0 spiro atoms. The highest BCUT2D eigenvalue weighted by Crippen LogP contribution is 2.30. The minimum absolute atomic E-state index is 0.692. The Morgan fingerprint density at radius 1 is 1.27 bits per heavy atom. The SMILES string of the molecule is CCc1c(C)nc2ccc(Cl)cc2c1Cl. The summed E-state index contributed by atoms with van der Waals surface area (Å²) in [6.07, 6.45) is 0.889. The lowest BCUT2D eigenvalue weighted by Crippen LogP contribution is -1.94. The third-order valence-electron chi connectivity index (χ3n) is 2.54. The number of aryl methyl sites for hydroxylation is 1. The van der Waals surface area contributed by atoms with Gasteiger partial charge in [0.1, 0.15) is 0 Å². The zero-order valence-electron chi connectivity index (χ0n) is 8.64. The van der Waals surface area contributed by atoms with Crippen LogP contribution in [0, 0.1) is 6.92 Å². The van der Waals surface area contributed by atoms with Crippen molar-refractivity contribution in [1.29, 1.82) is 0 Å². The summed E-state index contributed by atoms with van der Waals surface area (Å²) in [6, 6.07) is 5.60. The van der Waals surface area contributed by atoms with Gasteiger partial charge in [-0.25, -0.2) is 0 Å². The lowest BCUT2D eigenvalue weighted by Gasteiger charge is -2.09. The molecule has 1 aromatic carbocycles. The van der Waals surface area contributed by atoms with E-state index in [1.165, 1.54) is 0 Å². The van der Waals surface area contributed by atoms with Crippen molar-refractivity contribution in [2.45, 2.75) is 20.3 Å². The third-order valence-corrected chi connectivity index (χ3v) is 3.21. The second-order valence-electron chi connectivity index (χ2n) is 3.50. The molecule has 0 amide bonds. The van der Waals surface area contributed by atoms with E-state index in [1.54, 1.807) is 0 Å². The molecular weight excluding hydrogens is 229 g/mol. The molecule has 0 fully saturated rings. The van der Waals surface area contributed by atoms with Crippen molar-refractivity contribution >= 4 is 34.1 Å². The van der Waals surface area contributed by atoms with Crippen LogP contribution in [-0.2, 0) is 6.42 Å². The van der Waals surface area contributed by atoms with Gasteiger partial charge in [0.05, 0.1) is 10.5 Å². The third kappa shape index (κ3) is 1.82. The molecular formula is C12H11Cl2N. The maximum absolute atomic E-state index is 6.32. The molecule has 78 valence electrons. The zero-order valence-corrected chi connectivity index (χ0v) is 10.2. The van der Waals surface area contributed by atoms with Gasteiger partial charge in [0.15, 0.2) is 0 Å². The molecule has 1 nitrogen and oxygen atoms in total. The molecule has 0 unspecified atom stereocenters. The fourth-order valence-corrected chi connectivity index (χ4v) is 2.36. The molecule has 0 saturated heterocycles. The van der Waals surface area contributed by atoms with Crippen LogP contribution in [0.25, 0.3) is 10.9 Å². The monoisotopic (exact) mass is 239 g/mol. The van der Waals surface area contributed by atoms with E-state index in [9.17, 15) is 0 Å². The first kappa shape index (κ1) is 10.7. The highest BCUT2D eigenvalue weighted by atomic mass is 35.5. The van der Waals surface area contributed by atoms with Crippen molar-refractivity contribution in [3.8, 4) is 0 Å². The molecule has 2 rings (SSSR count). The predicted molar refractivity (Wildman–Crippen MR) is 65.9 cm³/mol. The van der Waals surface area contributed by atoms with Crippen molar-refractivity contribution in [2.24, 2.45) is 0 Å². The van der Waals surface area contributed by atoms with Crippen LogP contribution in [0.15, 0.2) is 18.2 Å². The van der Waals surface area contributed by atoms with Gasteiger partial charge in [0.2, 0.25) is 0 Å². The Hall–Kier alpha value is -0.790. The fourth-order valence-electron chi connectivity index (χ4n) is 1.76. The highest BCUT2D eigenvalue weighted by Gasteiger charge is 2.09. The Morgan fingerprint density at radius 3 is 2.67 bits per heavy atom. The lowest BCUT2D eigenvalue weighted by molar-refractivity contribution is 1.07. The Kier molecular flexibility index (Phi) is 2.85. The van der Waals surface area contributed by atoms with E-state index in [0.29, 0.717) is 5.02 Å². The quantitative estimate of drug-likeness (QED) is 0.719. The van der Waals surface area contributed by atoms with Gasteiger partial charge in [-0.05, 0) is 37.1 Å². The normalized spacial score (nSPS) is 10.9. The summed E-state index contributed by atoms with van der Waals surface area (Å²) < 4.78 is 0. The molecule has 0 bridgehead atoms. The summed E-state index contributed by atoms with van der Waals surface area (Å²) in [5.74, 6) is 0. The Labute approximate surface area is 99.0 Å². The summed E-state index contributed by atoms with van der Waals surface area (Å²) in [5.41, 5.74) is 3.00. The van der Waals surface area contributed by atoms with Crippen molar-refractivity contribution < 1.29 is 0 Å². The van der Waals surface area contributed by atoms with Gasteiger partial charge >= 0.3 is 0 Å². The lowest BCUT2D eigenvalue weighted by atomic mass is 10.1. The number of fused-ring (bicyclic) bond motifs is 1. The first-order valence-electron chi connectivity index (χ1n) is 4.87. The molecule has 15 heavy (non-hydrogen) atoms. The van der Waals surface area contributed by atoms with Crippen LogP contribution in [0.3, 0.4) is 0 Å². The maximum atomic E-state index is 6.32. The Balaban J connectivity index is 2.86. The average molecular weight is 240 g/mol. The molecule has 1 aromatic heterocycles. The second-order valence-corrected chi connectivity index (χ2v) is 4.32. The Bertz CT molecular complexity index is 521. The van der Waals surface area contributed by atoms with E-state index in [2.05, 4.69) is 11.9 Å². The van der Waals surface area contributed by atoms with Gasteiger partial charge in [0, 0.05) is 16.1 Å². The zero-order chi connectivity index (χ0) is 11.0. The number of aromatic nitrogens is 1. The van der Waals surface area contributed by atoms with Crippen LogP contribution in [0.1, 0.15) is 18.2 Å². The van der Waals surface area contributed by atoms with Crippen molar-refractivity contribution in [1.82, 2.24) is 4.98 Å². The minimum atomic E-state index is 0.692. The van der Waals surface area contributed by atoms with E-state index in [-0.39, 0.29) is 0 Å². The topological polar surface area (TPSA) is 12.9 Å². The number of halogens is 2. The summed E-state index contributed by atoms with van der Waals surface area (Å²) in [5, 5.41) is 2.41. The van der Waals surface area contributed by atoms with Crippen LogP contribution in [-0.4, -0.2) is 4.98 Å². The van der Waals surface area contributed by atoms with Gasteiger partial charge in [-0.1, -0.05) is 30.1 Å². The van der Waals surface area contributed by atoms with Gasteiger partial charge in [-0.15, -0.1) is 0 Å². The van der Waals surface area contributed by atoms with E-state index in [1.807, 2.05) is 25.1 Å². The smallest absolute Gasteiger partial charge is 0.0721 e. The molecule has 0 saturated carbocycles. The summed E-state index contributed by atoms with van der Waals surface area (Å²) in [4.78, 5) is 4.51. The predicted octanol–water partition coefficient (Wildman–Crippen LogP) is 4.41. The van der Waals surface area contributed by atoms with Gasteiger partial charge in [0.25, 0.3) is 0 Å². The molecule has 0 aliphatic carbocycles. The summed E-state index contributed by atoms with van der Waals surface area (Å²) in [6.45, 7) is 4.06. The number of pyridine rings is 1. The number of hydrogen-bond acceptors (Lipinski definition) is 1. The standard InChI is InChI=1S/C12H11Cl2N/c1-3-9-7(2)15-11-5-4-8(13)6-10(11)12(9)14/h4-6H,3H2,1-2H3. The molecule has 2 aromatic rings. The summed E-state index contributed by atoms with van der Waals surface area (Å²) in [7, 11) is 0. The van der Waals surface area contributed by atoms with E-state index >= 15 is 0 Å². The largest absolute Gasteiger partial charge is 0.253 e. The van der Waals surface area contributed by atoms with Crippen LogP contribution in [0.5, 0.6) is 0 Å². The first-order chi connectivity index (χ1) is 7.13. The second kappa shape index (κ2) is 3.99. The van der Waals surface area contributed by atoms with Crippen molar-refractivity contribution in [3.63, 3.8) is 0 Å². The van der Waals surface area contributed by atoms with Crippen molar-refractivity contribution in [2.75, 3.05) is 0 Å². The van der Waals surface area contributed by atoms with E-state index in [4.69, 9.17) is 23.2 Å². The van der Waals surface area contributed by atoms with Gasteiger partial charge < -0.3 is 0 Å².